The summed E-state index contributed by atoms with van der Waals surface area (Å²) in [5.74, 6) is 0.725. The lowest BCUT2D eigenvalue weighted by atomic mass is 9.84. The molecule has 3 rings (SSSR count). The SMILES string of the molecule is CCc1ncn(C(=O)N2CCC23CCN(C(C)C)C3)n1. The van der Waals surface area contributed by atoms with E-state index in [1.54, 1.807) is 6.33 Å². The second kappa shape index (κ2) is 4.84. The van der Waals surface area contributed by atoms with Crippen molar-refractivity contribution in [2.45, 2.75) is 51.6 Å². The molecule has 2 aliphatic rings. The number of hydrogen-bond donors (Lipinski definition) is 0. The van der Waals surface area contributed by atoms with E-state index in [1.807, 2.05) is 11.8 Å². The van der Waals surface area contributed by atoms with Crippen molar-refractivity contribution in [3.63, 3.8) is 0 Å². The van der Waals surface area contributed by atoms with Gasteiger partial charge in [0.2, 0.25) is 0 Å². The normalized spacial score (nSPS) is 26.5. The minimum atomic E-state index is -0.0194. The number of amides is 1. The topological polar surface area (TPSA) is 54.3 Å². The number of carbonyl (C=O) groups is 1. The van der Waals surface area contributed by atoms with E-state index in [1.165, 1.54) is 4.68 Å². The molecule has 3 heterocycles. The number of hydrogen-bond acceptors (Lipinski definition) is 4. The number of aryl methyl sites for hydroxylation is 1. The van der Waals surface area contributed by atoms with Crippen molar-refractivity contribution in [3.8, 4) is 0 Å². The second-order valence-corrected chi connectivity index (χ2v) is 6.18. The van der Waals surface area contributed by atoms with E-state index in [9.17, 15) is 4.79 Å². The van der Waals surface area contributed by atoms with Gasteiger partial charge in [-0.3, -0.25) is 4.90 Å². The molecule has 20 heavy (non-hydrogen) atoms. The van der Waals surface area contributed by atoms with E-state index in [-0.39, 0.29) is 11.6 Å². The van der Waals surface area contributed by atoms with Crippen LogP contribution < -0.4 is 0 Å². The summed E-state index contributed by atoms with van der Waals surface area (Å²) in [4.78, 5) is 21.2. The summed E-state index contributed by atoms with van der Waals surface area (Å²) in [5, 5.41) is 4.24. The van der Waals surface area contributed by atoms with Crippen LogP contribution in [0.4, 0.5) is 4.79 Å². The molecule has 2 fully saturated rings. The highest BCUT2D eigenvalue weighted by Crippen LogP contribution is 2.40. The molecule has 1 aromatic rings. The van der Waals surface area contributed by atoms with Crippen LogP contribution >= 0.6 is 0 Å². The first kappa shape index (κ1) is 13.5. The Labute approximate surface area is 119 Å². The summed E-state index contributed by atoms with van der Waals surface area (Å²) in [6, 6.07) is 0.527. The van der Waals surface area contributed by atoms with Crippen LogP contribution in [0.2, 0.25) is 0 Å². The highest BCUT2D eigenvalue weighted by Gasteiger charge is 2.52. The second-order valence-electron chi connectivity index (χ2n) is 6.18. The molecule has 110 valence electrons. The predicted molar refractivity (Wildman–Crippen MR) is 75.6 cm³/mol. The van der Waals surface area contributed by atoms with Crippen LogP contribution in [-0.2, 0) is 6.42 Å². The minimum Gasteiger partial charge on any atom is -0.316 e. The Morgan fingerprint density at radius 2 is 2.15 bits per heavy atom. The standard InChI is InChI=1S/C14H23N5O/c1-4-12-15-10-19(16-12)13(20)18-8-6-14(18)5-7-17(9-14)11(2)3/h10-11H,4-9H2,1-3H3. The van der Waals surface area contributed by atoms with Crippen molar-refractivity contribution < 1.29 is 4.79 Å². The third-order valence-corrected chi connectivity index (χ3v) is 4.75. The molecule has 0 aliphatic carbocycles. The minimum absolute atomic E-state index is 0.0194. The highest BCUT2D eigenvalue weighted by molar-refractivity contribution is 5.77. The van der Waals surface area contributed by atoms with E-state index >= 15 is 0 Å². The van der Waals surface area contributed by atoms with Gasteiger partial charge in [0, 0.05) is 32.1 Å². The van der Waals surface area contributed by atoms with Gasteiger partial charge in [0.1, 0.15) is 6.33 Å². The third kappa shape index (κ3) is 2.02. The van der Waals surface area contributed by atoms with E-state index in [4.69, 9.17) is 0 Å². The molecular weight excluding hydrogens is 254 g/mol. The van der Waals surface area contributed by atoms with E-state index < -0.39 is 0 Å². The first-order valence-corrected chi connectivity index (χ1v) is 7.52. The molecule has 2 saturated heterocycles. The lowest BCUT2D eigenvalue weighted by Gasteiger charge is -2.50. The molecule has 0 radical (unpaired) electrons. The monoisotopic (exact) mass is 277 g/mol. The molecule has 2 aliphatic heterocycles. The average Bonchev–Trinajstić information content (AvgIpc) is 3.05. The largest absolute Gasteiger partial charge is 0.346 e. The molecule has 1 amide bonds. The fourth-order valence-electron chi connectivity index (χ4n) is 3.27. The Morgan fingerprint density at radius 1 is 1.40 bits per heavy atom. The molecular formula is C14H23N5O. The van der Waals surface area contributed by atoms with Crippen molar-refractivity contribution >= 4 is 6.03 Å². The summed E-state index contributed by atoms with van der Waals surface area (Å²) in [7, 11) is 0. The van der Waals surface area contributed by atoms with Gasteiger partial charge < -0.3 is 4.90 Å². The summed E-state index contributed by atoms with van der Waals surface area (Å²) < 4.78 is 1.40. The van der Waals surface area contributed by atoms with Crippen LogP contribution in [0.25, 0.3) is 0 Å². The van der Waals surface area contributed by atoms with Gasteiger partial charge in [-0.05, 0) is 26.7 Å². The van der Waals surface area contributed by atoms with Gasteiger partial charge in [0.05, 0.1) is 5.54 Å². The van der Waals surface area contributed by atoms with Gasteiger partial charge in [-0.15, -0.1) is 5.10 Å². The van der Waals surface area contributed by atoms with Crippen LogP contribution in [0.5, 0.6) is 0 Å². The molecule has 1 unspecified atom stereocenters. The molecule has 0 aromatic carbocycles. The molecule has 0 N–H and O–H groups in total. The van der Waals surface area contributed by atoms with Crippen molar-refractivity contribution in [3.05, 3.63) is 12.2 Å². The van der Waals surface area contributed by atoms with Gasteiger partial charge in [0.15, 0.2) is 5.82 Å². The quantitative estimate of drug-likeness (QED) is 0.819. The maximum Gasteiger partial charge on any atom is 0.346 e. The van der Waals surface area contributed by atoms with Crippen molar-refractivity contribution in [1.82, 2.24) is 24.6 Å². The number of aromatic nitrogens is 3. The predicted octanol–water partition coefficient (Wildman–Crippen LogP) is 1.37. The molecule has 6 heteroatoms. The summed E-state index contributed by atoms with van der Waals surface area (Å²) in [5.41, 5.74) is 0.0414. The van der Waals surface area contributed by atoms with Crippen molar-refractivity contribution in [2.75, 3.05) is 19.6 Å². The van der Waals surface area contributed by atoms with Gasteiger partial charge in [-0.2, -0.15) is 4.68 Å². The van der Waals surface area contributed by atoms with Gasteiger partial charge in [-0.25, -0.2) is 9.78 Å². The molecule has 0 saturated carbocycles. The molecule has 0 bridgehead atoms. The fourth-order valence-corrected chi connectivity index (χ4v) is 3.27. The number of rotatable bonds is 2. The number of carbonyl (C=O) groups excluding carboxylic acids is 1. The third-order valence-electron chi connectivity index (χ3n) is 4.75. The zero-order valence-electron chi connectivity index (χ0n) is 12.5. The Morgan fingerprint density at radius 3 is 2.65 bits per heavy atom. The lowest BCUT2D eigenvalue weighted by molar-refractivity contribution is 0.0275. The number of likely N-dealkylation sites (tertiary alicyclic amines) is 2. The Bertz CT molecular complexity index is 511. The zero-order chi connectivity index (χ0) is 14.3. The lowest BCUT2D eigenvalue weighted by Crippen LogP contribution is -2.64. The van der Waals surface area contributed by atoms with E-state index in [2.05, 4.69) is 28.8 Å². The zero-order valence-corrected chi connectivity index (χ0v) is 12.5. The molecule has 1 atom stereocenters. The van der Waals surface area contributed by atoms with Crippen molar-refractivity contribution in [1.29, 1.82) is 0 Å². The molecule has 1 aromatic heterocycles. The van der Waals surface area contributed by atoms with Crippen molar-refractivity contribution in [2.24, 2.45) is 0 Å². The van der Waals surface area contributed by atoms with Gasteiger partial charge in [-0.1, -0.05) is 6.92 Å². The molecule has 1 spiro atoms. The summed E-state index contributed by atoms with van der Waals surface area (Å²) >= 11 is 0. The first-order valence-electron chi connectivity index (χ1n) is 7.52. The molecule has 6 nitrogen and oxygen atoms in total. The van der Waals surface area contributed by atoms with Crippen LogP contribution in [0.1, 0.15) is 39.4 Å². The van der Waals surface area contributed by atoms with Crippen LogP contribution in [0.3, 0.4) is 0 Å². The van der Waals surface area contributed by atoms with E-state index in [0.717, 1.165) is 44.7 Å². The van der Waals surface area contributed by atoms with E-state index in [0.29, 0.717) is 6.04 Å². The van der Waals surface area contributed by atoms with Crippen LogP contribution in [-0.4, -0.2) is 61.8 Å². The van der Waals surface area contributed by atoms with Gasteiger partial charge in [0.25, 0.3) is 0 Å². The maximum absolute atomic E-state index is 12.6. The smallest absolute Gasteiger partial charge is 0.316 e. The van der Waals surface area contributed by atoms with Crippen LogP contribution in [0, 0.1) is 0 Å². The van der Waals surface area contributed by atoms with Gasteiger partial charge >= 0.3 is 6.03 Å². The average molecular weight is 277 g/mol. The highest BCUT2D eigenvalue weighted by atomic mass is 16.2. The fraction of sp³-hybridized carbons (Fsp3) is 0.786. The summed E-state index contributed by atoms with van der Waals surface area (Å²) in [6.45, 7) is 9.34. The Kier molecular flexibility index (Phi) is 3.28. The van der Waals surface area contributed by atoms with Crippen LogP contribution in [0.15, 0.2) is 6.33 Å². The Hall–Kier alpha value is -1.43. The Balaban J connectivity index is 1.73. The number of nitrogens with zero attached hydrogens (tertiary/aromatic N) is 5. The maximum atomic E-state index is 12.6. The summed E-state index contributed by atoms with van der Waals surface area (Å²) in [6.07, 6.45) is 4.48. The first-order chi connectivity index (χ1) is 9.55.